The molecule has 4 N–H and O–H groups in total. The van der Waals surface area contributed by atoms with E-state index < -0.39 is 0 Å². The first kappa shape index (κ1) is 33.4. The Labute approximate surface area is 299 Å². The number of carbonyl (C=O) groups excluding carboxylic acids is 3. The maximum atomic E-state index is 12.9. The van der Waals surface area contributed by atoms with Crippen LogP contribution >= 0.6 is 0 Å². The van der Waals surface area contributed by atoms with Gasteiger partial charge in [0, 0.05) is 47.0 Å². The number of nitrogens with one attached hydrogen (secondary N) is 2. The number of methoxy groups -OCH3 is 1. The van der Waals surface area contributed by atoms with E-state index in [1.165, 1.54) is 7.11 Å². The van der Waals surface area contributed by atoms with E-state index in [9.17, 15) is 14.4 Å². The van der Waals surface area contributed by atoms with Crippen LogP contribution in [0.3, 0.4) is 0 Å². The molecule has 11 nitrogen and oxygen atoms in total. The number of benzene rings is 4. The molecule has 0 unspecified atom stereocenters. The number of aromatic nitrogens is 4. The van der Waals surface area contributed by atoms with Gasteiger partial charge in [0.05, 0.1) is 19.1 Å². The molecule has 0 atom stereocenters. The number of hydrogen-bond acceptors (Lipinski definition) is 8. The van der Waals surface area contributed by atoms with Crippen LogP contribution in [0.2, 0.25) is 0 Å². The van der Waals surface area contributed by atoms with Gasteiger partial charge >= 0.3 is 5.97 Å². The van der Waals surface area contributed by atoms with E-state index in [1.807, 2.05) is 89.5 Å². The minimum absolute atomic E-state index is 0.0917. The number of anilines is 2. The van der Waals surface area contributed by atoms with Crippen LogP contribution in [0.25, 0.3) is 39.4 Å². The summed E-state index contributed by atoms with van der Waals surface area (Å²) in [6, 6.07) is 36.9. The second-order valence-electron chi connectivity index (χ2n) is 12.0. The van der Waals surface area contributed by atoms with Crippen molar-refractivity contribution in [3.8, 4) is 28.2 Å². The van der Waals surface area contributed by atoms with Crippen molar-refractivity contribution in [3.63, 3.8) is 0 Å². The fourth-order valence-electron chi connectivity index (χ4n) is 5.80. The molecule has 0 saturated carbocycles. The van der Waals surface area contributed by atoms with Gasteiger partial charge in [-0.2, -0.15) is 0 Å². The van der Waals surface area contributed by atoms with Gasteiger partial charge in [0.15, 0.2) is 11.5 Å². The lowest BCUT2D eigenvalue weighted by Crippen LogP contribution is -2.23. The minimum Gasteiger partial charge on any atom is -0.469 e. The van der Waals surface area contributed by atoms with Crippen molar-refractivity contribution >= 4 is 40.5 Å². The number of esters is 1. The Balaban J connectivity index is 1.13. The van der Waals surface area contributed by atoms with Crippen LogP contribution < -0.4 is 16.4 Å². The van der Waals surface area contributed by atoms with Gasteiger partial charge in [-0.3, -0.25) is 19.0 Å². The monoisotopic (exact) mass is 687 g/mol. The first-order chi connectivity index (χ1) is 25.4. The zero-order chi connectivity index (χ0) is 36.0. The molecule has 3 aromatic heterocycles. The zero-order valence-electron chi connectivity index (χ0n) is 28.1. The average Bonchev–Trinajstić information content (AvgIpc) is 3.56. The van der Waals surface area contributed by atoms with Gasteiger partial charge in [0.1, 0.15) is 11.3 Å². The van der Waals surface area contributed by atoms with Crippen LogP contribution in [0.4, 0.5) is 11.5 Å². The predicted molar refractivity (Wildman–Crippen MR) is 200 cm³/mol. The summed E-state index contributed by atoms with van der Waals surface area (Å²) in [6.07, 6.45) is 3.51. The Morgan fingerprint density at radius 1 is 0.750 bits per heavy atom. The fraction of sp³-hybridized carbons (Fsp3) is 0.0732. The van der Waals surface area contributed by atoms with Crippen LogP contribution in [0, 0.1) is 0 Å². The highest BCUT2D eigenvalue weighted by molar-refractivity contribution is 6.04. The van der Waals surface area contributed by atoms with Gasteiger partial charge < -0.3 is 21.1 Å². The van der Waals surface area contributed by atoms with Gasteiger partial charge in [-0.1, -0.05) is 54.6 Å². The minimum atomic E-state index is -0.370. The number of amides is 2. The quantitative estimate of drug-likeness (QED) is 0.136. The standard InChI is InChI=1S/C41H33N7O4/c1-52-36(49)22-27-7-5-10-30(21-27)40(50)45-24-26-12-18-33(19-13-26)48-38(34-11-6-20-43-37(34)42)47-35-23-31(25-44-39(35)48)28-14-16-32(17-15-28)46-41(51)29-8-3-2-4-9-29/h2-21,23,25H,22,24H2,1H3,(H2,42,43)(H,45,50)(H,46,51). The van der Waals surface area contributed by atoms with Crippen LogP contribution in [0.15, 0.2) is 134 Å². The van der Waals surface area contributed by atoms with Crippen molar-refractivity contribution in [1.82, 2.24) is 24.8 Å². The van der Waals surface area contributed by atoms with E-state index in [0.717, 1.165) is 22.4 Å². The first-order valence-electron chi connectivity index (χ1n) is 16.5. The molecule has 2 amide bonds. The summed E-state index contributed by atoms with van der Waals surface area (Å²) < 4.78 is 6.67. The van der Waals surface area contributed by atoms with Crippen LogP contribution in [0.5, 0.6) is 0 Å². The third-order valence-electron chi connectivity index (χ3n) is 8.50. The zero-order valence-corrected chi connectivity index (χ0v) is 28.1. The smallest absolute Gasteiger partial charge is 0.309 e. The number of hydrogen-bond donors (Lipinski definition) is 3. The number of nitrogen functional groups attached to an aromatic ring is 1. The van der Waals surface area contributed by atoms with Crippen LogP contribution in [0.1, 0.15) is 31.8 Å². The normalized spacial score (nSPS) is 10.9. The van der Waals surface area contributed by atoms with Gasteiger partial charge in [0.2, 0.25) is 0 Å². The number of imidazole rings is 1. The molecular formula is C41H33N7O4. The van der Waals surface area contributed by atoms with Crippen molar-refractivity contribution in [3.05, 3.63) is 156 Å². The lowest BCUT2D eigenvalue weighted by Gasteiger charge is -2.12. The number of carbonyl (C=O) groups is 3. The van der Waals surface area contributed by atoms with Crippen molar-refractivity contribution in [2.45, 2.75) is 13.0 Å². The Morgan fingerprint density at radius 3 is 2.27 bits per heavy atom. The second kappa shape index (κ2) is 14.8. The lowest BCUT2D eigenvalue weighted by atomic mass is 10.1. The summed E-state index contributed by atoms with van der Waals surface area (Å²) in [5.41, 5.74) is 14.1. The van der Waals surface area contributed by atoms with Crippen molar-refractivity contribution < 1.29 is 19.1 Å². The largest absolute Gasteiger partial charge is 0.469 e. The number of nitrogens with zero attached hydrogens (tertiary/aromatic N) is 4. The van der Waals surface area contributed by atoms with E-state index >= 15 is 0 Å². The Hall–Kier alpha value is -7.14. The van der Waals surface area contributed by atoms with Crippen molar-refractivity contribution in [1.29, 1.82) is 0 Å². The molecule has 0 aliphatic heterocycles. The SMILES string of the molecule is COC(=O)Cc1cccc(C(=O)NCc2ccc(-n3c(-c4cccnc4N)nc4cc(-c5ccc(NC(=O)c6ccccc6)cc5)cnc43)cc2)c1. The number of fused-ring (bicyclic) bond motifs is 1. The predicted octanol–water partition coefficient (Wildman–Crippen LogP) is 6.63. The summed E-state index contributed by atoms with van der Waals surface area (Å²) in [7, 11) is 1.33. The molecule has 11 heteroatoms. The molecule has 7 rings (SSSR count). The first-order valence-corrected chi connectivity index (χ1v) is 16.5. The summed E-state index contributed by atoms with van der Waals surface area (Å²) >= 11 is 0. The van der Waals surface area contributed by atoms with E-state index in [1.54, 1.807) is 48.8 Å². The summed E-state index contributed by atoms with van der Waals surface area (Å²) in [4.78, 5) is 51.3. The highest BCUT2D eigenvalue weighted by Gasteiger charge is 2.19. The number of nitrogens with two attached hydrogens (primary N) is 1. The Morgan fingerprint density at radius 2 is 1.52 bits per heavy atom. The third-order valence-corrected chi connectivity index (χ3v) is 8.50. The van der Waals surface area contributed by atoms with Gasteiger partial charge in [0.25, 0.3) is 11.8 Å². The van der Waals surface area contributed by atoms with Crippen LogP contribution in [-0.2, 0) is 22.5 Å². The molecule has 0 saturated heterocycles. The molecule has 4 aromatic carbocycles. The number of ether oxygens (including phenoxy) is 1. The Bertz CT molecular complexity index is 2410. The summed E-state index contributed by atoms with van der Waals surface area (Å²) in [5, 5.41) is 5.88. The molecule has 0 spiro atoms. The molecule has 0 bridgehead atoms. The molecule has 7 aromatic rings. The van der Waals surface area contributed by atoms with Crippen molar-refractivity contribution in [2.24, 2.45) is 0 Å². The number of rotatable bonds is 10. The average molecular weight is 688 g/mol. The summed E-state index contributed by atoms with van der Waals surface area (Å²) in [5.74, 6) is 0.115. The molecular weight excluding hydrogens is 654 g/mol. The second-order valence-corrected chi connectivity index (χ2v) is 12.0. The van der Waals surface area contributed by atoms with Gasteiger partial charge in [-0.25, -0.2) is 15.0 Å². The van der Waals surface area contributed by atoms with Gasteiger partial charge in [-0.15, -0.1) is 0 Å². The van der Waals surface area contributed by atoms with E-state index in [2.05, 4.69) is 15.6 Å². The highest BCUT2D eigenvalue weighted by Crippen LogP contribution is 2.32. The van der Waals surface area contributed by atoms with E-state index in [4.69, 9.17) is 20.4 Å². The van der Waals surface area contributed by atoms with E-state index in [-0.39, 0.29) is 24.2 Å². The van der Waals surface area contributed by atoms with Crippen LogP contribution in [-0.4, -0.2) is 44.4 Å². The lowest BCUT2D eigenvalue weighted by molar-refractivity contribution is -0.139. The number of pyridine rings is 2. The molecule has 0 fully saturated rings. The van der Waals surface area contributed by atoms with Crippen molar-refractivity contribution in [2.75, 3.05) is 18.2 Å². The molecule has 0 radical (unpaired) electrons. The van der Waals surface area contributed by atoms with Gasteiger partial charge in [-0.05, 0) is 83.4 Å². The maximum Gasteiger partial charge on any atom is 0.309 e. The third kappa shape index (κ3) is 7.24. The van der Waals surface area contributed by atoms with E-state index in [0.29, 0.717) is 57.3 Å². The Kier molecular flexibility index (Phi) is 9.48. The maximum absolute atomic E-state index is 12.9. The molecule has 3 heterocycles. The molecule has 52 heavy (non-hydrogen) atoms. The summed E-state index contributed by atoms with van der Waals surface area (Å²) in [6.45, 7) is 0.295. The highest BCUT2D eigenvalue weighted by atomic mass is 16.5. The molecule has 0 aliphatic carbocycles. The molecule has 0 aliphatic rings. The topological polar surface area (TPSA) is 154 Å². The fourth-order valence-corrected chi connectivity index (χ4v) is 5.80. The molecule has 256 valence electrons.